The standard InChI is InChI=1S/C18H21ClN4/c1-13(2)20-11-14-12-23-9-4-3-8-17(23)22-18(14)21-16-7-5-6-15(19)10-16/h3-10,13,20-21H,11-12H2,1-2H3. The molecule has 120 valence electrons. The number of benzene rings is 1. The van der Waals surface area contributed by atoms with E-state index in [0.717, 1.165) is 30.4 Å². The normalized spacial score (nSPS) is 16.7. The summed E-state index contributed by atoms with van der Waals surface area (Å²) in [6.45, 7) is 5.91. The van der Waals surface area contributed by atoms with Crippen LogP contribution < -0.4 is 10.6 Å². The lowest BCUT2D eigenvalue weighted by atomic mass is 10.1. The van der Waals surface area contributed by atoms with Crippen LogP contribution in [0.2, 0.25) is 5.02 Å². The molecule has 0 saturated heterocycles. The number of amidine groups is 1. The second kappa shape index (κ2) is 7.02. The van der Waals surface area contributed by atoms with Gasteiger partial charge >= 0.3 is 0 Å². The summed E-state index contributed by atoms with van der Waals surface area (Å²) in [5, 5.41) is 7.60. The molecule has 3 rings (SSSR count). The van der Waals surface area contributed by atoms with Gasteiger partial charge in [0.25, 0.3) is 0 Å². The van der Waals surface area contributed by atoms with Gasteiger partial charge < -0.3 is 15.5 Å². The molecule has 5 heteroatoms. The van der Waals surface area contributed by atoms with Gasteiger partial charge in [-0.15, -0.1) is 0 Å². The Balaban J connectivity index is 1.88. The minimum absolute atomic E-state index is 0.428. The van der Waals surface area contributed by atoms with Crippen LogP contribution in [-0.2, 0) is 0 Å². The molecule has 23 heavy (non-hydrogen) atoms. The fourth-order valence-electron chi connectivity index (χ4n) is 2.46. The summed E-state index contributed by atoms with van der Waals surface area (Å²) >= 11 is 6.08. The molecule has 0 bridgehead atoms. The van der Waals surface area contributed by atoms with Crippen LogP contribution in [0.4, 0.5) is 5.69 Å². The first-order valence-electron chi connectivity index (χ1n) is 7.80. The Morgan fingerprint density at radius 2 is 2.17 bits per heavy atom. The maximum Gasteiger partial charge on any atom is 0.135 e. The van der Waals surface area contributed by atoms with Gasteiger partial charge in [-0.1, -0.05) is 37.6 Å². The highest BCUT2D eigenvalue weighted by molar-refractivity contribution is 6.30. The number of anilines is 1. The highest BCUT2D eigenvalue weighted by Crippen LogP contribution is 2.22. The van der Waals surface area contributed by atoms with Gasteiger partial charge in [-0.2, -0.15) is 0 Å². The quantitative estimate of drug-likeness (QED) is 0.864. The minimum Gasteiger partial charge on any atom is -0.340 e. The van der Waals surface area contributed by atoms with E-state index in [4.69, 9.17) is 16.6 Å². The van der Waals surface area contributed by atoms with E-state index in [0.29, 0.717) is 11.1 Å². The predicted molar refractivity (Wildman–Crippen MR) is 97.7 cm³/mol. The molecule has 0 unspecified atom stereocenters. The van der Waals surface area contributed by atoms with E-state index in [1.54, 1.807) is 0 Å². The number of hydrogen-bond donors (Lipinski definition) is 2. The lowest BCUT2D eigenvalue weighted by Crippen LogP contribution is -2.37. The molecule has 2 aliphatic heterocycles. The van der Waals surface area contributed by atoms with Gasteiger partial charge in [0.1, 0.15) is 11.7 Å². The lowest BCUT2D eigenvalue weighted by Gasteiger charge is -2.30. The van der Waals surface area contributed by atoms with E-state index in [1.165, 1.54) is 5.57 Å². The Morgan fingerprint density at radius 1 is 1.30 bits per heavy atom. The summed E-state index contributed by atoms with van der Waals surface area (Å²) in [6.07, 6.45) is 8.11. The SMILES string of the molecule is CC(C)NCC1=C(Nc2cccc(Cl)c2)N=C2C=CC=CN2C1. The highest BCUT2D eigenvalue weighted by Gasteiger charge is 2.20. The van der Waals surface area contributed by atoms with Crippen LogP contribution in [0.15, 0.2) is 65.1 Å². The van der Waals surface area contributed by atoms with Crippen LogP contribution in [0.5, 0.6) is 0 Å². The third kappa shape index (κ3) is 4.03. The Labute approximate surface area is 142 Å². The van der Waals surface area contributed by atoms with Gasteiger partial charge in [-0.3, -0.25) is 0 Å². The summed E-state index contributed by atoms with van der Waals surface area (Å²) in [5.41, 5.74) is 2.17. The third-order valence-electron chi connectivity index (χ3n) is 3.65. The minimum atomic E-state index is 0.428. The maximum atomic E-state index is 6.08. The first-order chi connectivity index (χ1) is 11.1. The second-order valence-electron chi connectivity index (χ2n) is 5.92. The number of nitrogens with one attached hydrogen (secondary N) is 2. The van der Waals surface area contributed by atoms with Crippen molar-refractivity contribution in [3.8, 4) is 0 Å². The molecule has 0 spiro atoms. The zero-order chi connectivity index (χ0) is 16.2. The molecule has 1 aromatic rings. The van der Waals surface area contributed by atoms with Crippen LogP contribution in [0, 0.1) is 0 Å². The van der Waals surface area contributed by atoms with Crippen LogP contribution in [-0.4, -0.2) is 29.9 Å². The molecule has 0 radical (unpaired) electrons. The summed E-state index contributed by atoms with van der Waals surface area (Å²) in [4.78, 5) is 6.93. The van der Waals surface area contributed by atoms with Crippen LogP contribution in [0.3, 0.4) is 0 Å². The lowest BCUT2D eigenvalue weighted by molar-refractivity contribution is 0.547. The van der Waals surface area contributed by atoms with Crippen molar-refractivity contribution in [1.82, 2.24) is 10.2 Å². The van der Waals surface area contributed by atoms with Crippen molar-refractivity contribution in [3.63, 3.8) is 0 Å². The molecule has 1 aromatic carbocycles. The van der Waals surface area contributed by atoms with Gasteiger partial charge in [-0.25, -0.2) is 4.99 Å². The molecule has 0 aliphatic carbocycles. The molecular weight excluding hydrogens is 308 g/mol. The number of nitrogens with zero attached hydrogens (tertiary/aromatic N) is 2. The van der Waals surface area contributed by atoms with Crippen molar-refractivity contribution in [2.75, 3.05) is 18.4 Å². The van der Waals surface area contributed by atoms with Gasteiger partial charge in [0.05, 0.1) is 6.54 Å². The van der Waals surface area contributed by atoms with Gasteiger partial charge in [0.2, 0.25) is 0 Å². The van der Waals surface area contributed by atoms with E-state index < -0.39 is 0 Å². The van der Waals surface area contributed by atoms with Crippen molar-refractivity contribution < 1.29 is 0 Å². The topological polar surface area (TPSA) is 39.7 Å². The zero-order valence-corrected chi connectivity index (χ0v) is 14.1. The number of fused-ring (bicyclic) bond motifs is 1. The number of aliphatic imine (C=N–C) groups is 1. The van der Waals surface area contributed by atoms with Crippen LogP contribution in [0.25, 0.3) is 0 Å². The second-order valence-corrected chi connectivity index (χ2v) is 6.36. The number of hydrogen-bond acceptors (Lipinski definition) is 4. The van der Waals surface area contributed by atoms with Gasteiger partial charge in [0.15, 0.2) is 0 Å². The van der Waals surface area contributed by atoms with Crippen molar-refractivity contribution in [1.29, 1.82) is 0 Å². The van der Waals surface area contributed by atoms with Gasteiger partial charge in [-0.05, 0) is 30.4 Å². The van der Waals surface area contributed by atoms with Crippen molar-refractivity contribution >= 4 is 23.1 Å². The zero-order valence-electron chi connectivity index (χ0n) is 13.4. The molecule has 2 heterocycles. The van der Waals surface area contributed by atoms with Crippen molar-refractivity contribution in [3.05, 3.63) is 65.1 Å². The largest absolute Gasteiger partial charge is 0.340 e. The van der Waals surface area contributed by atoms with Crippen molar-refractivity contribution in [2.45, 2.75) is 19.9 Å². The van der Waals surface area contributed by atoms with Crippen LogP contribution >= 0.6 is 11.6 Å². The average molecular weight is 329 g/mol. The van der Waals surface area contributed by atoms with Crippen LogP contribution in [0.1, 0.15) is 13.8 Å². The van der Waals surface area contributed by atoms with E-state index in [1.807, 2.05) is 42.5 Å². The van der Waals surface area contributed by atoms with Gasteiger partial charge in [0, 0.05) is 35.1 Å². The molecule has 0 atom stereocenters. The summed E-state index contributed by atoms with van der Waals surface area (Å²) < 4.78 is 0. The monoisotopic (exact) mass is 328 g/mol. The smallest absolute Gasteiger partial charge is 0.135 e. The first-order valence-corrected chi connectivity index (χ1v) is 8.18. The highest BCUT2D eigenvalue weighted by atomic mass is 35.5. The van der Waals surface area contributed by atoms with E-state index in [-0.39, 0.29) is 0 Å². The average Bonchev–Trinajstić information content (AvgIpc) is 2.53. The Hall–Kier alpha value is -2.04. The van der Waals surface area contributed by atoms with Crippen molar-refractivity contribution in [2.24, 2.45) is 4.99 Å². The molecule has 0 saturated carbocycles. The molecule has 0 fully saturated rings. The third-order valence-corrected chi connectivity index (χ3v) is 3.89. The molecule has 2 aliphatic rings. The molecular formula is C18H21ClN4. The number of rotatable bonds is 5. The Kier molecular flexibility index (Phi) is 4.84. The Bertz CT molecular complexity index is 701. The van der Waals surface area contributed by atoms with E-state index >= 15 is 0 Å². The fraction of sp³-hybridized carbons (Fsp3) is 0.278. The molecule has 0 amide bonds. The predicted octanol–water partition coefficient (Wildman–Crippen LogP) is 3.76. The van der Waals surface area contributed by atoms with E-state index in [2.05, 4.69) is 35.6 Å². The summed E-state index contributed by atoms with van der Waals surface area (Å²) in [6, 6.07) is 8.13. The summed E-state index contributed by atoms with van der Waals surface area (Å²) in [5.74, 6) is 1.84. The number of halogens is 1. The maximum absolute atomic E-state index is 6.08. The fourth-order valence-corrected chi connectivity index (χ4v) is 2.65. The number of allylic oxidation sites excluding steroid dienone is 2. The Morgan fingerprint density at radius 3 is 2.96 bits per heavy atom. The summed E-state index contributed by atoms with van der Waals surface area (Å²) in [7, 11) is 0. The molecule has 4 nitrogen and oxygen atoms in total. The molecule has 2 N–H and O–H groups in total. The van der Waals surface area contributed by atoms with E-state index in [9.17, 15) is 0 Å². The first kappa shape index (κ1) is 15.8. The molecule has 0 aromatic heterocycles.